The van der Waals surface area contributed by atoms with E-state index in [1.54, 1.807) is 30.0 Å². The summed E-state index contributed by atoms with van der Waals surface area (Å²) in [6.45, 7) is 2.84. The van der Waals surface area contributed by atoms with Crippen LogP contribution in [-0.2, 0) is 16.0 Å². The molecule has 1 aliphatic heterocycles. The Morgan fingerprint density at radius 1 is 1.16 bits per heavy atom. The number of nitrogens with zero attached hydrogens (tertiary/aromatic N) is 4. The highest BCUT2D eigenvalue weighted by Gasteiger charge is 2.28. The van der Waals surface area contributed by atoms with E-state index in [9.17, 15) is 9.59 Å². The number of carbonyl (C=O) groups excluding carboxylic acids is 2. The lowest BCUT2D eigenvalue weighted by atomic mass is 9.95. The number of hydrogen-bond acceptors (Lipinski definition) is 7. The summed E-state index contributed by atoms with van der Waals surface area (Å²) in [5.41, 5.74) is 0.798. The lowest BCUT2D eigenvalue weighted by Gasteiger charge is -2.31. The number of amides is 2. The topological polar surface area (TPSA) is 114 Å². The molecule has 0 atom stereocenters. The molecule has 10 heteroatoms. The van der Waals surface area contributed by atoms with Crippen LogP contribution in [0.4, 0.5) is 5.82 Å². The molecule has 1 aliphatic rings. The second kappa shape index (κ2) is 9.30. The van der Waals surface area contributed by atoms with Gasteiger partial charge in [0, 0.05) is 48.5 Å². The molecule has 0 aliphatic carbocycles. The van der Waals surface area contributed by atoms with Gasteiger partial charge in [-0.05, 0) is 44.0 Å². The molecule has 0 radical (unpaired) electrons. The first-order chi connectivity index (χ1) is 15.0. The molecule has 3 heterocycles. The average Bonchev–Trinajstić information content (AvgIpc) is 3.41. The van der Waals surface area contributed by atoms with E-state index in [0.29, 0.717) is 60.7 Å². The van der Waals surface area contributed by atoms with Crippen LogP contribution in [0.25, 0.3) is 11.4 Å². The molecule has 9 nitrogen and oxygen atoms in total. The maximum Gasteiger partial charge on any atom is 0.228 e. The van der Waals surface area contributed by atoms with Crippen molar-refractivity contribution in [2.24, 2.45) is 5.92 Å². The van der Waals surface area contributed by atoms with Crippen molar-refractivity contribution in [1.82, 2.24) is 20.2 Å². The van der Waals surface area contributed by atoms with Crippen LogP contribution in [0, 0.1) is 12.8 Å². The zero-order valence-electron chi connectivity index (χ0n) is 17.0. The summed E-state index contributed by atoms with van der Waals surface area (Å²) in [7, 11) is 0. The predicted octanol–water partition coefficient (Wildman–Crippen LogP) is 3.50. The molecule has 31 heavy (non-hydrogen) atoms. The quantitative estimate of drug-likeness (QED) is 0.620. The third-order valence-electron chi connectivity index (χ3n) is 5.22. The first-order valence-corrected chi connectivity index (χ1v) is 10.5. The lowest BCUT2D eigenvalue weighted by molar-refractivity contribution is -0.134. The molecule has 1 aromatic carbocycles. The highest BCUT2D eigenvalue weighted by atomic mass is 35.5. The second-order valence-electron chi connectivity index (χ2n) is 7.49. The Hall–Kier alpha value is -3.20. The Balaban J connectivity index is 1.23. The molecule has 2 aromatic heterocycles. The summed E-state index contributed by atoms with van der Waals surface area (Å²) < 4.78 is 10.2. The zero-order chi connectivity index (χ0) is 21.8. The van der Waals surface area contributed by atoms with Gasteiger partial charge in [-0.2, -0.15) is 4.98 Å². The van der Waals surface area contributed by atoms with Gasteiger partial charge in [-0.15, -0.1) is 0 Å². The van der Waals surface area contributed by atoms with E-state index in [1.807, 2.05) is 12.1 Å². The molecule has 4 rings (SSSR count). The number of piperidine rings is 1. The van der Waals surface area contributed by atoms with Gasteiger partial charge in [0.15, 0.2) is 5.82 Å². The maximum absolute atomic E-state index is 12.6. The fraction of sp³-hybridized carbons (Fsp3) is 0.381. The Morgan fingerprint density at radius 3 is 2.58 bits per heavy atom. The summed E-state index contributed by atoms with van der Waals surface area (Å²) in [6, 6.07) is 8.81. The number of aromatic nitrogens is 3. The molecule has 0 spiro atoms. The van der Waals surface area contributed by atoms with Crippen molar-refractivity contribution in [2.75, 3.05) is 18.4 Å². The summed E-state index contributed by atoms with van der Waals surface area (Å²) in [5, 5.41) is 11.1. The van der Waals surface area contributed by atoms with E-state index in [2.05, 4.69) is 20.6 Å². The van der Waals surface area contributed by atoms with Gasteiger partial charge in [-0.1, -0.05) is 21.9 Å². The van der Waals surface area contributed by atoms with Crippen LogP contribution < -0.4 is 5.32 Å². The fourth-order valence-electron chi connectivity index (χ4n) is 3.49. The molecule has 2 amide bonds. The maximum atomic E-state index is 12.6. The van der Waals surface area contributed by atoms with Crippen LogP contribution in [0.3, 0.4) is 0 Å². The van der Waals surface area contributed by atoms with E-state index < -0.39 is 0 Å². The minimum Gasteiger partial charge on any atom is -0.360 e. The number of anilines is 1. The third kappa shape index (κ3) is 5.29. The summed E-state index contributed by atoms with van der Waals surface area (Å²) in [6.07, 6.45) is 1.86. The van der Waals surface area contributed by atoms with Gasteiger partial charge in [0.1, 0.15) is 5.76 Å². The largest absolute Gasteiger partial charge is 0.360 e. The van der Waals surface area contributed by atoms with Crippen LogP contribution >= 0.6 is 11.6 Å². The van der Waals surface area contributed by atoms with Gasteiger partial charge in [0.05, 0.1) is 0 Å². The van der Waals surface area contributed by atoms with Crippen molar-refractivity contribution >= 4 is 29.2 Å². The van der Waals surface area contributed by atoms with Crippen molar-refractivity contribution in [2.45, 2.75) is 32.6 Å². The Morgan fingerprint density at radius 2 is 1.90 bits per heavy atom. The molecular weight excluding hydrogens is 422 g/mol. The summed E-state index contributed by atoms with van der Waals surface area (Å²) >= 11 is 5.89. The number of hydrogen-bond donors (Lipinski definition) is 1. The van der Waals surface area contributed by atoms with Crippen LogP contribution in [0.2, 0.25) is 5.02 Å². The van der Waals surface area contributed by atoms with Crippen LogP contribution in [0.5, 0.6) is 0 Å². The van der Waals surface area contributed by atoms with Crippen molar-refractivity contribution in [3.8, 4) is 11.4 Å². The van der Waals surface area contributed by atoms with Crippen molar-refractivity contribution < 1.29 is 18.6 Å². The molecule has 1 N–H and O–H groups in total. The van der Waals surface area contributed by atoms with Gasteiger partial charge in [0.2, 0.25) is 23.5 Å². The van der Waals surface area contributed by atoms with Crippen molar-refractivity contribution in [3.63, 3.8) is 0 Å². The average molecular weight is 444 g/mol. The van der Waals surface area contributed by atoms with E-state index >= 15 is 0 Å². The van der Waals surface area contributed by atoms with Gasteiger partial charge in [-0.3, -0.25) is 9.59 Å². The first-order valence-electron chi connectivity index (χ1n) is 10.1. The second-order valence-corrected chi connectivity index (χ2v) is 7.92. The highest BCUT2D eigenvalue weighted by Crippen LogP contribution is 2.21. The van der Waals surface area contributed by atoms with E-state index in [0.717, 1.165) is 5.56 Å². The summed E-state index contributed by atoms with van der Waals surface area (Å²) in [5.74, 6) is 1.69. The van der Waals surface area contributed by atoms with Gasteiger partial charge in [-0.25, -0.2) is 0 Å². The van der Waals surface area contributed by atoms with Crippen molar-refractivity contribution in [1.29, 1.82) is 0 Å². The zero-order valence-corrected chi connectivity index (χ0v) is 17.8. The number of likely N-dealkylation sites (tertiary alicyclic amines) is 1. The SMILES string of the molecule is Cc1cc(NC(=O)C2CCN(C(=O)CCc3nc(-c4ccc(Cl)cc4)no3)CC2)no1. The standard InChI is InChI=1S/C21H22ClN5O4/c1-13-12-17(25-30-13)23-21(29)15-8-10-27(11-9-15)19(28)7-6-18-24-20(26-31-18)14-2-4-16(22)5-3-14/h2-5,12,15H,6-11H2,1H3,(H,23,25,29). The molecule has 0 saturated carbocycles. The molecule has 0 bridgehead atoms. The number of rotatable bonds is 6. The Bertz CT molecular complexity index is 1050. The smallest absolute Gasteiger partial charge is 0.228 e. The molecule has 0 unspecified atom stereocenters. The minimum absolute atomic E-state index is 0.0113. The molecule has 162 valence electrons. The van der Waals surface area contributed by atoms with E-state index in [1.165, 1.54) is 0 Å². The van der Waals surface area contributed by atoms with Gasteiger partial charge >= 0.3 is 0 Å². The normalized spacial score (nSPS) is 14.6. The highest BCUT2D eigenvalue weighted by molar-refractivity contribution is 6.30. The Labute approximate surface area is 183 Å². The number of halogens is 1. The number of aryl methyl sites for hydroxylation is 2. The lowest BCUT2D eigenvalue weighted by Crippen LogP contribution is -2.41. The first kappa shape index (κ1) is 21.0. The van der Waals surface area contributed by atoms with E-state index in [-0.39, 0.29) is 24.2 Å². The Kier molecular flexibility index (Phi) is 6.31. The number of nitrogens with one attached hydrogen (secondary N) is 1. The summed E-state index contributed by atoms with van der Waals surface area (Å²) in [4.78, 5) is 31.0. The third-order valence-corrected chi connectivity index (χ3v) is 5.47. The van der Waals surface area contributed by atoms with E-state index in [4.69, 9.17) is 20.6 Å². The minimum atomic E-state index is -0.154. The number of carbonyl (C=O) groups is 2. The van der Waals surface area contributed by atoms with Crippen LogP contribution in [-0.4, -0.2) is 45.1 Å². The molecular formula is C21H22ClN5O4. The van der Waals surface area contributed by atoms with Gasteiger partial charge in [0.25, 0.3) is 0 Å². The molecule has 3 aromatic rings. The van der Waals surface area contributed by atoms with Crippen LogP contribution in [0.1, 0.15) is 30.9 Å². The van der Waals surface area contributed by atoms with Crippen molar-refractivity contribution in [3.05, 3.63) is 47.0 Å². The fourth-order valence-corrected chi connectivity index (χ4v) is 3.62. The monoisotopic (exact) mass is 443 g/mol. The predicted molar refractivity (Wildman–Crippen MR) is 112 cm³/mol. The molecule has 1 saturated heterocycles. The van der Waals surface area contributed by atoms with Gasteiger partial charge < -0.3 is 19.3 Å². The number of benzene rings is 1. The molecule has 1 fully saturated rings. The van der Waals surface area contributed by atoms with Crippen LogP contribution in [0.15, 0.2) is 39.4 Å².